The second-order valence-electron chi connectivity index (χ2n) is 4.57. The van der Waals surface area contributed by atoms with Gasteiger partial charge in [-0.3, -0.25) is 4.79 Å². The molecule has 1 aromatic carbocycles. The third kappa shape index (κ3) is 5.94. The fraction of sp³-hybridized carbons (Fsp3) is 0.500. The smallest absolute Gasteiger partial charge is 0.260 e. The molecule has 1 rings (SSSR count). The van der Waals surface area contributed by atoms with Crippen LogP contribution in [0.5, 0.6) is 5.75 Å². The van der Waals surface area contributed by atoms with Gasteiger partial charge in [-0.2, -0.15) is 0 Å². The molecule has 0 aliphatic rings. The van der Waals surface area contributed by atoms with Gasteiger partial charge in [-0.15, -0.1) is 12.4 Å². The molecule has 0 radical (unpaired) electrons. The van der Waals surface area contributed by atoms with Gasteiger partial charge in [0, 0.05) is 13.1 Å². The quantitative estimate of drug-likeness (QED) is 0.841. The van der Waals surface area contributed by atoms with Gasteiger partial charge in [-0.25, -0.2) is 0 Å². The summed E-state index contributed by atoms with van der Waals surface area (Å²) in [5.74, 6) is 1.02. The number of ether oxygens (including phenoxy) is 1. The Morgan fingerprint density at radius 3 is 2.63 bits per heavy atom. The van der Waals surface area contributed by atoms with E-state index in [-0.39, 0.29) is 18.3 Å². The maximum atomic E-state index is 11.6. The average molecular weight is 287 g/mol. The second-order valence-corrected chi connectivity index (χ2v) is 4.57. The molecule has 4 nitrogen and oxygen atoms in total. The minimum atomic E-state index is -0.515. The van der Waals surface area contributed by atoms with Gasteiger partial charge in [0.2, 0.25) is 0 Å². The van der Waals surface area contributed by atoms with Gasteiger partial charge >= 0.3 is 0 Å². The molecule has 1 amide bonds. The summed E-state index contributed by atoms with van der Waals surface area (Å²) in [5.41, 5.74) is 6.52. The highest BCUT2D eigenvalue weighted by molar-refractivity contribution is 5.85. The summed E-state index contributed by atoms with van der Waals surface area (Å²) in [5, 5.41) is 2.70. The van der Waals surface area contributed by atoms with Crippen molar-refractivity contribution in [2.24, 2.45) is 5.73 Å². The van der Waals surface area contributed by atoms with Crippen LogP contribution >= 0.6 is 12.4 Å². The van der Waals surface area contributed by atoms with E-state index in [0.717, 1.165) is 5.75 Å². The Morgan fingerprint density at radius 1 is 1.37 bits per heavy atom. The van der Waals surface area contributed by atoms with E-state index in [4.69, 9.17) is 10.5 Å². The molecule has 1 aromatic rings. The van der Waals surface area contributed by atoms with Crippen LogP contribution in [0.1, 0.15) is 32.3 Å². The molecule has 0 saturated heterocycles. The maximum Gasteiger partial charge on any atom is 0.260 e. The molecule has 0 heterocycles. The Kier molecular flexibility index (Phi) is 8.19. The maximum absolute atomic E-state index is 11.6. The van der Waals surface area contributed by atoms with E-state index in [1.54, 1.807) is 6.92 Å². The third-order valence-electron chi connectivity index (χ3n) is 2.65. The van der Waals surface area contributed by atoms with Gasteiger partial charge in [0.15, 0.2) is 6.10 Å². The van der Waals surface area contributed by atoms with Crippen molar-refractivity contribution in [2.45, 2.75) is 32.8 Å². The zero-order chi connectivity index (χ0) is 13.5. The highest BCUT2D eigenvalue weighted by atomic mass is 35.5. The molecule has 0 aromatic heterocycles. The molecule has 1 atom stereocenters. The van der Waals surface area contributed by atoms with Crippen LogP contribution in [0.2, 0.25) is 0 Å². The molecular formula is C14H23ClN2O2. The van der Waals surface area contributed by atoms with Crippen molar-refractivity contribution >= 4 is 18.3 Å². The molecule has 0 aliphatic carbocycles. The highest BCUT2D eigenvalue weighted by Gasteiger charge is 2.14. The first-order chi connectivity index (χ1) is 8.54. The van der Waals surface area contributed by atoms with E-state index in [9.17, 15) is 4.79 Å². The van der Waals surface area contributed by atoms with Crippen LogP contribution in [0.25, 0.3) is 0 Å². The largest absolute Gasteiger partial charge is 0.481 e. The first-order valence-corrected chi connectivity index (χ1v) is 6.29. The first-order valence-electron chi connectivity index (χ1n) is 6.29. The van der Waals surface area contributed by atoms with Crippen molar-refractivity contribution < 1.29 is 9.53 Å². The number of nitrogens with two attached hydrogens (primary N) is 1. The van der Waals surface area contributed by atoms with Crippen molar-refractivity contribution in [2.75, 3.05) is 13.1 Å². The summed E-state index contributed by atoms with van der Waals surface area (Å²) in [6, 6.07) is 7.82. The minimum absolute atomic E-state index is 0. The summed E-state index contributed by atoms with van der Waals surface area (Å²) in [6.45, 7) is 6.88. The van der Waals surface area contributed by atoms with Gasteiger partial charge in [-0.05, 0) is 30.5 Å². The Labute approximate surface area is 121 Å². The first kappa shape index (κ1) is 17.7. The van der Waals surface area contributed by atoms with Crippen molar-refractivity contribution in [3.8, 4) is 5.75 Å². The van der Waals surface area contributed by atoms with Gasteiger partial charge in [0.1, 0.15) is 5.75 Å². The highest BCUT2D eigenvalue weighted by Crippen LogP contribution is 2.20. The Balaban J connectivity index is 0.00000324. The number of rotatable bonds is 6. The molecule has 0 saturated carbocycles. The van der Waals surface area contributed by atoms with Crippen molar-refractivity contribution in [3.05, 3.63) is 29.8 Å². The summed E-state index contributed by atoms with van der Waals surface area (Å²) < 4.78 is 5.61. The number of benzene rings is 1. The predicted octanol–water partition coefficient (Wildman–Crippen LogP) is 2.07. The third-order valence-corrected chi connectivity index (χ3v) is 2.65. The lowest BCUT2D eigenvalue weighted by molar-refractivity contribution is -0.127. The molecular weight excluding hydrogens is 264 g/mol. The van der Waals surface area contributed by atoms with Crippen LogP contribution < -0.4 is 15.8 Å². The SMILES string of the molecule is CC(Oc1cccc(C(C)C)c1)C(=O)NCCN.Cl. The molecule has 0 bridgehead atoms. The summed E-state index contributed by atoms with van der Waals surface area (Å²) >= 11 is 0. The number of hydrogen-bond acceptors (Lipinski definition) is 3. The lowest BCUT2D eigenvalue weighted by Gasteiger charge is -2.15. The fourth-order valence-corrected chi connectivity index (χ4v) is 1.54. The Hall–Kier alpha value is -1.26. The van der Waals surface area contributed by atoms with Crippen LogP contribution in [0.15, 0.2) is 24.3 Å². The van der Waals surface area contributed by atoms with Crippen LogP contribution in [-0.2, 0) is 4.79 Å². The number of nitrogens with one attached hydrogen (secondary N) is 1. The van der Waals surface area contributed by atoms with E-state index in [1.807, 2.05) is 18.2 Å². The van der Waals surface area contributed by atoms with Crippen molar-refractivity contribution in [1.82, 2.24) is 5.32 Å². The second kappa shape index (κ2) is 8.77. The molecule has 0 fully saturated rings. The normalized spacial score (nSPS) is 11.6. The molecule has 1 unspecified atom stereocenters. The standard InChI is InChI=1S/C14H22N2O2.ClH/c1-10(2)12-5-4-6-13(9-12)18-11(3)14(17)16-8-7-15;/h4-6,9-11H,7-8,15H2,1-3H3,(H,16,17);1H. The van der Waals surface area contributed by atoms with E-state index < -0.39 is 6.10 Å². The number of halogens is 1. The van der Waals surface area contributed by atoms with Crippen molar-refractivity contribution in [3.63, 3.8) is 0 Å². The fourth-order valence-electron chi connectivity index (χ4n) is 1.54. The molecule has 5 heteroatoms. The number of amides is 1. The zero-order valence-corrected chi connectivity index (χ0v) is 12.5. The predicted molar refractivity (Wildman–Crippen MR) is 79.9 cm³/mol. The molecule has 0 spiro atoms. The molecule has 19 heavy (non-hydrogen) atoms. The van der Waals surface area contributed by atoms with Crippen molar-refractivity contribution in [1.29, 1.82) is 0 Å². The van der Waals surface area contributed by atoms with E-state index in [0.29, 0.717) is 19.0 Å². The number of carbonyl (C=O) groups is 1. The lowest BCUT2D eigenvalue weighted by Crippen LogP contribution is -2.38. The molecule has 0 aliphatic heterocycles. The van der Waals surface area contributed by atoms with E-state index in [1.165, 1.54) is 5.56 Å². The minimum Gasteiger partial charge on any atom is -0.481 e. The van der Waals surface area contributed by atoms with Gasteiger partial charge in [-0.1, -0.05) is 26.0 Å². The summed E-state index contributed by atoms with van der Waals surface area (Å²) in [6.07, 6.45) is -0.515. The van der Waals surface area contributed by atoms with Crippen LogP contribution in [-0.4, -0.2) is 25.1 Å². The average Bonchev–Trinajstić information content (AvgIpc) is 2.36. The van der Waals surface area contributed by atoms with Crippen LogP contribution in [0.3, 0.4) is 0 Å². The summed E-state index contributed by atoms with van der Waals surface area (Å²) in [7, 11) is 0. The van der Waals surface area contributed by atoms with E-state index >= 15 is 0 Å². The number of hydrogen-bond donors (Lipinski definition) is 2. The van der Waals surface area contributed by atoms with Crippen LogP contribution in [0.4, 0.5) is 0 Å². The monoisotopic (exact) mass is 286 g/mol. The molecule has 3 N–H and O–H groups in total. The zero-order valence-electron chi connectivity index (χ0n) is 11.7. The van der Waals surface area contributed by atoms with Gasteiger partial charge < -0.3 is 15.8 Å². The van der Waals surface area contributed by atoms with Gasteiger partial charge in [0.25, 0.3) is 5.91 Å². The Bertz CT molecular complexity index is 397. The molecule has 108 valence electrons. The lowest BCUT2D eigenvalue weighted by atomic mass is 10.0. The topological polar surface area (TPSA) is 64.3 Å². The van der Waals surface area contributed by atoms with Crippen LogP contribution in [0, 0.1) is 0 Å². The van der Waals surface area contributed by atoms with Gasteiger partial charge in [0.05, 0.1) is 0 Å². The Morgan fingerprint density at radius 2 is 2.05 bits per heavy atom. The number of carbonyl (C=O) groups excluding carboxylic acids is 1. The summed E-state index contributed by atoms with van der Waals surface area (Å²) in [4.78, 5) is 11.6. The van der Waals surface area contributed by atoms with E-state index in [2.05, 4.69) is 25.2 Å².